The van der Waals surface area contributed by atoms with Crippen molar-refractivity contribution >= 4 is 45.9 Å². The fraction of sp³-hybridized carbons (Fsp3) is 0.333. The Morgan fingerprint density at radius 1 is 1.18 bits per heavy atom. The monoisotopic (exact) mass is 461 g/mol. The van der Waals surface area contributed by atoms with Crippen LogP contribution in [0.15, 0.2) is 58.4 Å². The molecule has 2 aromatic rings. The van der Waals surface area contributed by atoms with Crippen LogP contribution >= 0.6 is 11.8 Å². The largest absolute Gasteiger partial charge is 0.494 e. The molecule has 2 aromatic carbocycles. The predicted octanol–water partition coefficient (Wildman–Crippen LogP) is 6.39. The number of amides is 1. The van der Waals surface area contributed by atoms with E-state index in [1.165, 1.54) is 28.6 Å². The number of carbonyl (C=O) groups is 1. The molecule has 0 aromatic heterocycles. The zero-order chi connectivity index (χ0) is 23.8. The van der Waals surface area contributed by atoms with Gasteiger partial charge in [-0.15, -0.1) is 0 Å². The van der Waals surface area contributed by atoms with E-state index in [9.17, 15) is 4.79 Å². The molecular formula is C27H31N3O2S. The molecule has 4 rings (SSSR count). The number of allylic oxidation sites excluding steroid dienone is 1. The van der Waals surface area contributed by atoms with Crippen molar-refractivity contribution in [2.45, 2.75) is 53.1 Å². The number of nitrogens with one attached hydrogen (secondary N) is 1. The zero-order valence-corrected chi connectivity index (χ0v) is 20.9. The Kier molecular flexibility index (Phi) is 6.39. The fourth-order valence-corrected chi connectivity index (χ4v) is 5.48. The van der Waals surface area contributed by atoms with Crippen molar-refractivity contribution in [1.29, 1.82) is 0 Å². The number of fused-ring (bicyclic) bond motifs is 1. The zero-order valence-electron chi connectivity index (χ0n) is 20.1. The Hall–Kier alpha value is -2.99. The second kappa shape index (κ2) is 9.10. The van der Waals surface area contributed by atoms with Crippen molar-refractivity contribution in [3.63, 3.8) is 0 Å². The summed E-state index contributed by atoms with van der Waals surface area (Å²) in [6, 6.07) is 14.3. The number of nitrogens with zero attached hydrogens (tertiary/aromatic N) is 2. The Labute approximate surface area is 200 Å². The first-order valence-corrected chi connectivity index (χ1v) is 12.2. The number of ether oxygens (including phenoxy) is 1. The molecule has 1 saturated heterocycles. The van der Waals surface area contributed by atoms with Gasteiger partial charge in [-0.25, -0.2) is 4.99 Å². The van der Waals surface area contributed by atoms with Crippen molar-refractivity contribution in [2.24, 2.45) is 4.99 Å². The lowest BCUT2D eigenvalue weighted by molar-refractivity contribution is -0.115. The molecule has 1 amide bonds. The summed E-state index contributed by atoms with van der Waals surface area (Å²) in [6.07, 6.45) is 4.26. The van der Waals surface area contributed by atoms with Gasteiger partial charge in [-0.05, 0) is 107 Å². The molecule has 0 spiro atoms. The van der Waals surface area contributed by atoms with E-state index in [0.29, 0.717) is 22.7 Å². The number of aliphatic imine (C=N–C) groups is 1. The summed E-state index contributed by atoms with van der Waals surface area (Å²) in [5.41, 5.74) is 5.44. The number of benzene rings is 2. The van der Waals surface area contributed by atoms with Crippen LogP contribution < -0.4 is 15.0 Å². The van der Waals surface area contributed by atoms with Crippen LogP contribution in [0.1, 0.15) is 52.7 Å². The van der Waals surface area contributed by atoms with Crippen LogP contribution in [0.2, 0.25) is 0 Å². The average Bonchev–Trinajstić information content (AvgIpc) is 3.08. The van der Waals surface area contributed by atoms with Crippen molar-refractivity contribution < 1.29 is 9.53 Å². The minimum Gasteiger partial charge on any atom is -0.494 e. The third-order valence-corrected chi connectivity index (χ3v) is 6.65. The van der Waals surface area contributed by atoms with E-state index < -0.39 is 0 Å². The fourth-order valence-electron chi connectivity index (χ4n) is 4.63. The number of rotatable bonds is 5. The Balaban J connectivity index is 1.59. The summed E-state index contributed by atoms with van der Waals surface area (Å²) in [7, 11) is 0. The normalized spacial score (nSPS) is 19.7. The second-order valence-electron chi connectivity index (χ2n) is 9.13. The molecule has 6 heteroatoms. The van der Waals surface area contributed by atoms with Crippen molar-refractivity contribution in [3.05, 3.63) is 64.6 Å². The Morgan fingerprint density at radius 2 is 1.91 bits per heavy atom. The van der Waals surface area contributed by atoms with E-state index in [1.807, 2.05) is 37.3 Å². The summed E-state index contributed by atoms with van der Waals surface area (Å²) >= 11 is 1.36. The van der Waals surface area contributed by atoms with Gasteiger partial charge in [0.25, 0.3) is 5.91 Å². The molecule has 172 valence electrons. The molecule has 0 aliphatic carbocycles. The molecule has 0 atom stereocenters. The number of hydrogen-bond acceptors (Lipinski definition) is 5. The minimum absolute atomic E-state index is 0.0430. The lowest BCUT2D eigenvalue weighted by Gasteiger charge is -2.46. The lowest BCUT2D eigenvalue weighted by Crippen LogP contribution is -2.49. The van der Waals surface area contributed by atoms with Crippen LogP contribution in [0.3, 0.4) is 0 Å². The Bertz CT molecular complexity index is 1160. The molecule has 0 saturated carbocycles. The number of amidine groups is 1. The minimum atomic E-state index is -0.125. The van der Waals surface area contributed by atoms with Crippen molar-refractivity contribution in [2.75, 3.05) is 11.5 Å². The van der Waals surface area contributed by atoms with Gasteiger partial charge < -0.3 is 15.0 Å². The topological polar surface area (TPSA) is 53.9 Å². The molecule has 2 aliphatic heterocycles. The van der Waals surface area contributed by atoms with Gasteiger partial charge in [0.05, 0.1) is 22.7 Å². The quantitative estimate of drug-likeness (QED) is 0.525. The van der Waals surface area contributed by atoms with Crippen LogP contribution in [0.5, 0.6) is 5.75 Å². The van der Waals surface area contributed by atoms with Gasteiger partial charge in [0.15, 0.2) is 5.17 Å². The Morgan fingerprint density at radius 3 is 2.58 bits per heavy atom. The molecule has 0 radical (unpaired) electrons. The van der Waals surface area contributed by atoms with Crippen LogP contribution in [0, 0.1) is 0 Å². The van der Waals surface area contributed by atoms with Gasteiger partial charge in [-0.2, -0.15) is 0 Å². The smallest absolute Gasteiger partial charge is 0.264 e. The first kappa shape index (κ1) is 23.2. The average molecular weight is 462 g/mol. The van der Waals surface area contributed by atoms with Gasteiger partial charge >= 0.3 is 0 Å². The highest BCUT2D eigenvalue weighted by Crippen LogP contribution is 2.41. The van der Waals surface area contributed by atoms with E-state index in [4.69, 9.17) is 4.74 Å². The highest BCUT2D eigenvalue weighted by Gasteiger charge is 2.33. The molecular weight excluding hydrogens is 430 g/mol. The summed E-state index contributed by atoms with van der Waals surface area (Å²) in [6.45, 7) is 13.7. The van der Waals surface area contributed by atoms with E-state index in [2.05, 4.69) is 74.1 Å². The van der Waals surface area contributed by atoms with Gasteiger partial charge in [0.1, 0.15) is 5.75 Å². The van der Waals surface area contributed by atoms with E-state index in [-0.39, 0.29) is 11.4 Å². The first-order valence-electron chi connectivity index (χ1n) is 11.3. The van der Waals surface area contributed by atoms with E-state index >= 15 is 0 Å². The van der Waals surface area contributed by atoms with E-state index in [0.717, 1.165) is 17.0 Å². The van der Waals surface area contributed by atoms with Gasteiger partial charge in [0, 0.05) is 17.3 Å². The van der Waals surface area contributed by atoms with Crippen LogP contribution in [0.25, 0.3) is 11.6 Å². The summed E-state index contributed by atoms with van der Waals surface area (Å²) in [5, 5.41) is 3.45. The molecule has 2 aliphatic rings. The molecule has 1 N–H and O–H groups in total. The summed E-state index contributed by atoms with van der Waals surface area (Å²) in [5.74, 6) is 0.681. The first-order chi connectivity index (χ1) is 15.7. The lowest BCUT2D eigenvalue weighted by atomic mass is 9.87. The van der Waals surface area contributed by atoms with Gasteiger partial charge in [0.2, 0.25) is 0 Å². The third-order valence-electron chi connectivity index (χ3n) is 5.74. The molecule has 1 fully saturated rings. The third kappa shape index (κ3) is 4.86. The number of thioether (sulfide) groups is 1. The molecule has 2 heterocycles. The number of hydrogen-bond donors (Lipinski definition) is 1. The predicted molar refractivity (Wildman–Crippen MR) is 140 cm³/mol. The summed E-state index contributed by atoms with van der Waals surface area (Å²) < 4.78 is 5.47. The van der Waals surface area contributed by atoms with Gasteiger partial charge in [-0.3, -0.25) is 4.79 Å². The van der Waals surface area contributed by atoms with Crippen molar-refractivity contribution in [3.8, 4) is 5.75 Å². The van der Waals surface area contributed by atoms with Crippen LogP contribution in [0.4, 0.5) is 11.4 Å². The maximum atomic E-state index is 12.6. The van der Waals surface area contributed by atoms with Crippen molar-refractivity contribution in [1.82, 2.24) is 5.32 Å². The van der Waals surface area contributed by atoms with E-state index in [1.54, 1.807) is 0 Å². The maximum Gasteiger partial charge on any atom is 0.264 e. The maximum absolute atomic E-state index is 12.6. The molecule has 0 bridgehead atoms. The highest BCUT2D eigenvalue weighted by atomic mass is 32.2. The SMILES string of the molecule is CCOc1ccc(N=C2NC(=O)/C(=C/c3ccc4c(c3)C(C)=CC(C)(C)N4C(C)C)S2)cc1. The van der Waals surface area contributed by atoms with Crippen LogP contribution in [-0.4, -0.2) is 29.3 Å². The standard InChI is InChI=1S/C27H31N3O2S/c1-7-32-21-11-9-20(10-12-21)28-26-29-25(31)24(33-26)15-19-8-13-23-22(14-19)18(4)16-27(5,6)30(23)17(2)3/h8-17H,7H2,1-6H3,(H,28,29,31)/b24-15-. The molecule has 5 nitrogen and oxygen atoms in total. The second-order valence-corrected chi connectivity index (χ2v) is 10.2. The molecule has 0 unspecified atom stereocenters. The molecule has 33 heavy (non-hydrogen) atoms. The summed E-state index contributed by atoms with van der Waals surface area (Å²) in [4.78, 5) is 20.2. The number of anilines is 1. The number of carbonyl (C=O) groups excluding carboxylic acids is 1. The van der Waals surface area contributed by atoms with Crippen LogP contribution in [-0.2, 0) is 4.79 Å². The van der Waals surface area contributed by atoms with Gasteiger partial charge in [-0.1, -0.05) is 12.1 Å². The highest BCUT2D eigenvalue weighted by molar-refractivity contribution is 8.18.